The number of benzene rings is 2. The zero-order valence-electron chi connectivity index (χ0n) is 23.5. The minimum absolute atomic E-state index is 0.0161. The van der Waals surface area contributed by atoms with Gasteiger partial charge in [0.25, 0.3) is 5.91 Å². The van der Waals surface area contributed by atoms with Crippen molar-refractivity contribution >= 4 is 11.6 Å². The SMILES string of the molecule is Cc1ccc(C)c(N2CCN(C(=O)c3ccc(Cc4c(C)c(C)c5c(c4C)CCC(C)(C)O5)o3)CC2)c1. The Labute approximate surface area is 221 Å². The Kier molecular flexibility index (Phi) is 6.59. The van der Waals surface area contributed by atoms with Crippen molar-refractivity contribution < 1.29 is 13.9 Å². The van der Waals surface area contributed by atoms with Crippen molar-refractivity contribution in [1.82, 2.24) is 4.90 Å². The van der Waals surface area contributed by atoms with Crippen LogP contribution in [0.15, 0.2) is 34.7 Å². The van der Waals surface area contributed by atoms with Gasteiger partial charge in [-0.15, -0.1) is 0 Å². The molecule has 1 aromatic heterocycles. The number of ether oxygens (including phenoxy) is 1. The first-order valence-electron chi connectivity index (χ1n) is 13.5. The lowest BCUT2D eigenvalue weighted by Gasteiger charge is -2.36. The molecule has 0 N–H and O–H groups in total. The van der Waals surface area contributed by atoms with E-state index in [0.29, 0.717) is 25.3 Å². The van der Waals surface area contributed by atoms with Crippen LogP contribution in [0.25, 0.3) is 0 Å². The molecule has 37 heavy (non-hydrogen) atoms. The van der Waals surface area contributed by atoms with Gasteiger partial charge in [0, 0.05) is 38.3 Å². The van der Waals surface area contributed by atoms with Crippen molar-refractivity contribution in [2.24, 2.45) is 0 Å². The van der Waals surface area contributed by atoms with Crippen LogP contribution in [0.1, 0.15) is 75.5 Å². The van der Waals surface area contributed by atoms with Crippen molar-refractivity contribution in [2.45, 2.75) is 73.3 Å². The number of nitrogens with zero attached hydrogens (tertiary/aromatic N) is 2. The van der Waals surface area contributed by atoms with E-state index in [1.807, 2.05) is 17.0 Å². The van der Waals surface area contributed by atoms with Gasteiger partial charge < -0.3 is 19.0 Å². The van der Waals surface area contributed by atoms with Crippen LogP contribution < -0.4 is 9.64 Å². The van der Waals surface area contributed by atoms with Crippen LogP contribution in [0.5, 0.6) is 5.75 Å². The maximum Gasteiger partial charge on any atom is 0.289 e. The normalized spacial score (nSPS) is 16.9. The lowest BCUT2D eigenvalue weighted by Crippen LogP contribution is -2.49. The predicted molar refractivity (Wildman–Crippen MR) is 149 cm³/mol. The number of hydrogen-bond acceptors (Lipinski definition) is 4. The highest BCUT2D eigenvalue weighted by Crippen LogP contribution is 2.41. The molecule has 3 heterocycles. The van der Waals surface area contributed by atoms with E-state index in [-0.39, 0.29) is 11.5 Å². The van der Waals surface area contributed by atoms with Crippen molar-refractivity contribution in [2.75, 3.05) is 31.1 Å². The summed E-state index contributed by atoms with van der Waals surface area (Å²) in [6.07, 6.45) is 2.72. The summed E-state index contributed by atoms with van der Waals surface area (Å²) in [5.74, 6) is 2.31. The minimum atomic E-state index is -0.126. The third kappa shape index (κ3) is 4.88. The number of hydrogen-bond donors (Lipinski definition) is 0. The number of amides is 1. The second-order valence-electron chi connectivity index (χ2n) is 11.5. The van der Waals surface area contributed by atoms with Crippen LogP contribution in [0.2, 0.25) is 0 Å². The van der Waals surface area contributed by atoms with Crippen molar-refractivity contribution in [3.05, 3.63) is 80.8 Å². The van der Waals surface area contributed by atoms with Crippen LogP contribution in [0.4, 0.5) is 5.69 Å². The number of furan rings is 1. The third-order valence-electron chi connectivity index (χ3n) is 8.39. The highest BCUT2D eigenvalue weighted by Gasteiger charge is 2.31. The molecule has 0 saturated carbocycles. The van der Waals surface area contributed by atoms with Crippen LogP contribution in [-0.2, 0) is 12.8 Å². The number of rotatable bonds is 4. The standard InChI is InChI=1S/C32H40N2O3/c1-20-8-9-21(2)28(18-20)33-14-16-34(17-15-33)31(35)29-11-10-25(36-29)19-27-22(3)23(4)30-26(24(27)5)12-13-32(6,7)37-30/h8-11,18H,12-17,19H2,1-7H3. The number of anilines is 1. The maximum absolute atomic E-state index is 13.3. The summed E-state index contributed by atoms with van der Waals surface area (Å²) in [6.45, 7) is 18.2. The van der Waals surface area contributed by atoms with Gasteiger partial charge in [0.05, 0.1) is 0 Å². The Morgan fingerprint density at radius 3 is 2.38 bits per heavy atom. The molecule has 0 atom stereocenters. The molecule has 0 unspecified atom stereocenters. The summed E-state index contributed by atoms with van der Waals surface area (Å²) in [5, 5.41) is 0. The molecule has 1 fully saturated rings. The molecule has 2 aliphatic rings. The van der Waals surface area contributed by atoms with E-state index in [2.05, 4.69) is 71.6 Å². The molecule has 0 spiro atoms. The average molecular weight is 501 g/mol. The number of fused-ring (bicyclic) bond motifs is 1. The van der Waals surface area contributed by atoms with Crippen LogP contribution in [0, 0.1) is 34.6 Å². The molecule has 2 aromatic carbocycles. The van der Waals surface area contributed by atoms with Gasteiger partial charge in [0.2, 0.25) is 0 Å². The van der Waals surface area contributed by atoms with Crippen molar-refractivity contribution in [1.29, 1.82) is 0 Å². The molecule has 1 saturated heterocycles. The monoisotopic (exact) mass is 500 g/mol. The lowest BCUT2D eigenvalue weighted by molar-refractivity contribution is 0.0713. The summed E-state index contributed by atoms with van der Waals surface area (Å²) in [5.41, 5.74) is 10.1. The topological polar surface area (TPSA) is 45.9 Å². The van der Waals surface area contributed by atoms with Gasteiger partial charge in [-0.3, -0.25) is 4.79 Å². The fraction of sp³-hybridized carbons (Fsp3) is 0.469. The fourth-order valence-corrected chi connectivity index (χ4v) is 5.84. The zero-order valence-corrected chi connectivity index (χ0v) is 23.5. The van der Waals surface area contributed by atoms with Gasteiger partial charge in [-0.2, -0.15) is 0 Å². The van der Waals surface area contributed by atoms with Crippen LogP contribution in [-0.4, -0.2) is 42.6 Å². The lowest BCUT2D eigenvalue weighted by atomic mass is 9.84. The van der Waals surface area contributed by atoms with E-state index in [1.165, 1.54) is 44.6 Å². The van der Waals surface area contributed by atoms with Gasteiger partial charge in [0.1, 0.15) is 17.1 Å². The van der Waals surface area contributed by atoms with Gasteiger partial charge in [-0.1, -0.05) is 12.1 Å². The zero-order chi connectivity index (χ0) is 26.5. The summed E-state index contributed by atoms with van der Waals surface area (Å²) in [7, 11) is 0. The molecule has 3 aromatic rings. The molecule has 0 bridgehead atoms. The van der Waals surface area contributed by atoms with E-state index in [9.17, 15) is 4.79 Å². The molecule has 196 valence electrons. The molecule has 5 nitrogen and oxygen atoms in total. The maximum atomic E-state index is 13.3. The average Bonchev–Trinajstić information content (AvgIpc) is 3.34. The molecule has 5 rings (SSSR count). The highest BCUT2D eigenvalue weighted by molar-refractivity contribution is 5.91. The number of aryl methyl sites for hydroxylation is 2. The van der Waals surface area contributed by atoms with E-state index >= 15 is 0 Å². The molecular formula is C32H40N2O3. The molecule has 0 radical (unpaired) electrons. The molecule has 0 aliphatic carbocycles. The molecule has 5 heteroatoms. The van der Waals surface area contributed by atoms with E-state index in [1.54, 1.807) is 0 Å². The summed E-state index contributed by atoms with van der Waals surface area (Å²) in [6, 6.07) is 10.4. The molecule has 1 amide bonds. The Bertz CT molecular complexity index is 1340. The third-order valence-corrected chi connectivity index (χ3v) is 8.39. The Hall–Kier alpha value is -3.21. The van der Waals surface area contributed by atoms with Gasteiger partial charge in [0.15, 0.2) is 5.76 Å². The fourth-order valence-electron chi connectivity index (χ4n) is 5.84. The number of carbonyl (C=O) groups excluding carboxylic acids is 1. The van der Waals surface area contributed by atoms with Crippen molar-refractivity contribution in [3.8, 4) is 5.75 Å². The largest absolute Gasteiger partial charge is 0.487 e. The second-order valence-corrected chi connectivity index (χ2v) is 11.5. The summed E-state index contributed by atoms with van der Waals surface area (Å²) in [4.78, 5) is 17.6. The smallest absolute Gasteiger partial charge is 0.289 e. The van der Waals surface area contributed by atoms with E-state index in [4.69, 9.17) is 9.15 Å². The second kappa shape index (κ2) is 9.59. The minimum Gasteiger partial charge on any atom is -0.487 e. The van der Waals surface area contributed by atoms with Gasteiger partial charge in [-0.25, -0.2) is 0 Å². The van der Waals surface area contributed by atoms with Crippen molar-refractivity contribution in [3.63, 3.8) is 0 Å². The van der Waals surface area contributed by atoms with Gasteiger partial charge >= 0.3 is 0 Å². The van der Waals surface area contributed by atoms with Crippen LogP contribution >= 0.6 is 0 Å². The van der Waals surface area contributed by atoms with E-state index in [0.717, 1.165) is 37.4 Å². The summed E-state index contributed by atoms with van der Waals surface area (Å²) >= 11 is 0. The quantitative estimate of drug-likeness (QED) is 0.411. The molecular weight excluding hydrogens is 460 g/mol. The highest BCUT2D eigenvalue weighted by atomic mass is 16.5. The van der Waals surface area contributed by atoms with E-state index < -0.39 is 0 Å². The Balaban J connectivity index is 1.29. The molecule has 2 aliphatic heterocycles. The van der Waals surface area contributed by atoms with Gasteiger partial charge in [-0.05, 0) is 118 Å². The Morgan fingerprint density at radius 2 is 1.65 bits per heavy atom. The Morgan fingerprint density at radius 1 is 0.919 bits per heavy atom. The first-order chi connectivity index (χ1) is 17.5. The predicted octanol–water partition coefficient (Wildman–Crippen LogP) is 6.48. The summed E-state index contributed by atoms with van der Waals surface area (Å²) < 4.78 is 12.5. The van der Waals surface area contributed by atoms with Crippen LogP contribution in [0.3, 0.4) is 0 Å². The number of carbonyl (C=O) groups is 1. The first-order valence-corrected chi connectivity index (χ1v) is 13.5. The first kappa shape index (κ1) is 25.4. The number of piperazine rings is 1.